The van der Waals surface area contributed by atoms with Crippen LogP contribution in [0.3, 0.4) is 0 Å². The van der Waals surface area contributed by atoms with E-state index in [9.17, 15) is 14.7 Å². The lowest BCUT2D eigenvalue weighted by Gasteiger charge is -2.54. The molecule has 0 saturated carbocycles. The quantitative estimate of drug-likeness (QED) is 0.686. The average molecular weight is 455 g/mol. The Hall–Kier alpha value is -2.14. The molecule has 2 unspecified atom stereocenters. The number of Topliss-reactive ketones (excluding diaryl/α,β-unsaturated/α-hetero) is 2. The summed E-state index contributed by atoms with van der Waals surface area (Å²) in [6.07, 6.45) is 2.78. The number of carbonyl (C=O) groups excluding carboxylic acids is 2. The zero-order chi connectivity index (χ0) is 24.7. The van der Waals surface area contributed by atoms with Gasteiger partial charge in [0.1, 0.15) is 17.1 Å². The van der Waals surface area contributed by atoms with Crippen molar-refractivity contribution in [2.45, 2.75) is 111 Å². The largest absolute Gasteiger partial charge is 0.487 e. The fourth-order valence-corrected chi connectivity index (χ4v) is 5.87. The van der Waals surface area contributed by atoms with Crippen LogP contribution in [0.25, 0.3) is 0 Å². The van der Waals surface area contributed by atoms with Crippen LogP contribution in [0, 0.1) is 19.3 Å². The Balaban J connectivity index is 1.97. The fourth-order valence-electron chi connectivity index (χ4n) is 5.87. The van der Waals surface area contributed by atoms with Gasteiger partial charge in [0.2, 0.25) is 5.78 Å². The fraction of sp³-hybridized carbons (Fsp3) is 0.643. The lowest BCUT2D eigenvalue weighted by molar-refractivity contribution is -0.161. The average Bonchev–Trinajstić information content (AvgIpc) is 2.72. The van der Waals surface area contributed by atoms with Gasteiger partial charge in [0.25, 0.3) is 0 Å². The van der Waals surface area contributed by atoms with E-state index in [4.69, 9.17) is 9.47 Å². The summed E-state index contributed by atoms with van der Waals surface area (Å²) in [5.74, 6) is 1.45. The number of aliphatic hydroxyl groups is 1. The second-order valence-corrected chi connectivity index (χ2v) is 11.9. The van der Waals surface area contributed by atoms with Crippen LogP contribution in [-0.2, 0) is 22.4 Å². The van der Waals surface area contributed by atoms with Crippen molar-refractivity contribution >= 4 is 11.6 Å². The maximum atomic E-state index is 13.9. The van der Waals surface area contributed by atoms with Gasteiger partial charge in [-0.15, -0.1) is 0 Å². The third-order valence-electron chi connectivity index (χ3n) is 8.41. The molecular weight excluding hydrogens is 416 g/mol. The molecule has 0 radical (unpaired) electrons. The highest BCUT2D eigenvalue weighted by atomic mass is 16.5. The Morgan fingerprint density at radius 2 is 1.42 bits per heavy atom. The molecule has 1 aliphatic carbocycles. The molecule has 0 fully saturated rings. The van der Waals surface area contributed by atoms with Gasteiger partial charge in [-0.1, -0.05) is 0 Å². The van der Waals surface area contributed by atoms with Gasteiger partial charge in [0.05, 0.1) is 11.0 Å². The van der Waals surface area contributed by atoms with Crippen molar-refractivity contribution in [3.05, 3.63) is 33.4 Å². The molecule has 2 atom stereocenters. The van der Waals surface area contributed by atoms with Crippen LogP contribution in [0.15, 0.2) is 11.1 Å². The van der Waals surface area contributed by atoms with E-state index in [1.54, 1.807) is 27.7 Å². The Morgan fingerprint density at radius 3 is 2.00 bits per heavy atom. The van der Waals surface area contributed by atoms with Crippen molar-refractivity contribution in [2.24, 2.45) is 5.41 Å². The van der Waals surface area contributed by atoms with Gasteiger partial charge in [0.15, 0.2) is 11.4 Å². The Morgan fingerprint density at radius 1 is 0.879 bits per heavy atom. The van der Waals surface area contributed by atoms with Crippen LogP contribution in [0.4, 0.5) is 0 Å². The molecule has 5 heteroatoms. The maximum Gasteiger partial charge on any atom is 0.203 e. The first kappa shape index (κ1) is 24.0. The van der Waals surface area contributed by atoms with Crippen molar-refractivity contribution in [3.63, 3.8) is 0 Å². The second-order valence-electron chi connectivity index (χ2n) is 11.9. The van der Waals surface area contributed by atoms with Gasteiger partial charge in [-0.05, 0) is 111 Å². The summed E-state index contributed by atoms with van der Waals surface area (Å²) in [5, 5.41) is 10.5. The number of benzene rings is 1. The summed E-state index contributed by atoms with van der Waals surface area (Å²) in [4.78, 5) is 27.7. The molecule has 5 nitrogen and oxygen atoms in total. The lowest BCUT2D eigenvalue weighted by Crippen LogP contribution is -2.66. The molecule has 1 N–H and O–H groups in total. The first-order chi connectivity index (χ1) is 15.0. The van der Waals surface area contributed by atoms with Gasteiger partial charge >= 0.3 is 0 Å². The summed E-state index contributed by atoms with van der Waals surface area (Å²) in [7, 11) is 0. The van der Waals surface area contributed by atoms with Crippen LogP contribution in [0.2, 0.25) is 0 Å². The second kappa shape index (κ2) is 7.18. The highest BCUT2D eigenvalue weighted by Crippen LogP contribution is 2.57. The number of hydrogen-bond donors (Lipinski definition) is 1. The Labute approximate surface area is 197 Å². The Kier molecular flexibility index (Phi) is 5.22. The van der Waals surface area contributed by atoms with E-state index < -0.39 is 16.6 Å². The summed E-state index contributed by atoms with van der Waals surface area (Å²) in [6.45, 7) is 17.1. The first-order valence-corrected chi connectivity index (χ1v) is 12.1. The molecule has 0 aromatic heterocycles. The zero-order valence-corrected chi connectivity index (χ0v) is 21.6. The lowest BCUT2D eigenvalue weighted by atomic mass is 9.55. The molecule has 0 saturated heterocycles. The molecule has 4 rings (SSSR count). The molecule has 2 aliphatic heterocycles. The van der Waals surface area contributed by atoms with Crippen molar-refractivity contribution in [3.8, 4) is 11.5 Å². The third kappa shape index (κ3) is 3.38. The number of hydrogen-bond acceptors (Lipinski definition) is 5. The predicted molar refractivity (Wildman–Crippen MR) is 128 cm³/mol. The van der Waals surface area contributed by atoms with Crippen molar-refractivity contribution < 1.29 is 24.2 Å². The van der Waals surface area contributed by atoms with Crippen molar-refractivity contribution in [1.29, 1.82) is 0 Å². The molecular formula is C28H38O5. The van der Waals surface area contributed by atoms with Crippen molar-refractivity contribution in [1.82, 2.24) is 0 Å². The maximum absolute atomic E-state index is 13.9. The number of carbonyl (C=O) groups is 2. The molecule has 0 amide bonds. The van der Waals surface area contributed by atoms with E-state index in [2.05, 4.69) is 13.8 Å². The number of ether oxygens (including phenoxy) is 2. The Bertz CT molecular complexity index is 1100. The molecule has 0 bridgehead atoms. The van der Waals surface area contributed by atoms with Gasteiger partial charge < -0.3 is 14.6 Å². The minimum Gasteiger partial charge on any atom is -0.487 e. The van der Waals surface area contributed by atoms with Gasteiger partial charge in [-0.25, -0.2) is 0 Å². The summed E-state index contributed by atoms with van der Waals surface area (Å²) < 4.78 is 13.2. The van der Waals surface area contributed by atoms with E-state index in [1.807, 2.05) is 20.8 Å². The zero-order valence-electron chi connectivity index (χ0n) is 21.6. The molecule has 3 aliphatic rings. The topological polar surface area (TPSA) is 72.8 Å². The van der Waals surface area contributed by atoms with E-state index in [-0.39, 0.29) is 23.6 Å². The first-order valence-electron chi connectivity index (χ1n) is 12.1. The van der Waals surface area contributed by atoms with E-state index >= 15 is 0 Å². The van der Waals surface area contributed by atoms with Gasteiger partial charge in [-0.3, -0.25) is 9.59 Å². The van der Waals surface area contributed by atoms with Gasteiger partial charge in [0, 0.05) is 16.7 Å². The molecule has 180 valence electrons. The predicted octanol–water partition coefficient (Wildman–Crippen LogP) is 5.13. The van der Waals surface area contributed by atoms with Crippen LogP contribution in [0.1, 0.15) is 90.0 Å². The van der Waals surface area contributed by atoms with Crippen molar-refractivity contribution in [2.75, 3.05) is 0 Å². The number of fused-ring (bicyclic) bond motifs is 4. The number of rotatable bonds is 3. The molecule has 1 aromatic rings. The summed E-state index contributed by atoms with van der Waals surface area (Å²) >= 11 is 0. The molecule has 33 heavy (non-hydrogen) atoms. The van der Waals surface area contributed by atoms with Gasteiger partial charge in [-0.2, -0.15) is 0 Å². The minimum atomic E-state index is -1.33. The number of allylic oxidation sites excluding steroid dienone is 1. The third-order valence-corrected chi connectivity index (χ3v) is 8.41. The van der Waals surface area contributed by atoms with Crippen LogP contribution < -0.4 is 9.47 Å². The molecule has 0 spiro atoms. The monoisotopic (exact) mass is 454 g/mol. The summed E-state index contributed by atoms with van der Waals surface area (Å²) in [5.41, 5.74) is 1.46. The smallest absolute Gasteiger partial charge is 0.203 e. The normalized spacial score (nSPS) is 28.5. The van der Waals surface area contributed by atoms with E-state index in [0.29, 0.717) is 24.0 Å². The highest BCUT2D eigenvalue weighted by Gasteiger charge is 2.65. The van der Waals surface area contributed by atoms with E-state index in [1.165, 1.54) is 0 Å². The van der Waals surface area contributed by atoms with Crippen LogP contribution in [-0.4, -0.2) is 33.5 Å². The van der Waals surface area contributed by atoms with E-state index in [0.717, 1.165) is 46.6 Å². The summed E-state index contributed by atoms with van der Waals surface area (Å²) in [6, 6.07) is 0. The highest BCUT2D eigenvalue weighted by molar-refractivity contribution is 6.18. The SMILES string of the molecule is CC1=C(C)C(=O)C2(CCC(C)(C)O)Oc3c(C)c(C)c4c(c3CC2(C)C1=O)CCC(C)(C)O4. The number of ketones is 2. The molecule has 2 heterocycles. The molecule has 1 aromatic carbocycles. The van der Waals surface area contributed by atoms with Crippen LogP contribution >= 0.6 is 0 Å². The van der Waals surface area contributed by atoms with Crippen LogP contribution in [0.5, 0.6) is 11.5 Å². The minimum absolute atomic E-state index is 0.0370. The standard InChI is InChI=1S/C28H38O5/c1-15-16(2)22-20(19-10-11-26(7,8)32-21(15)19)14-27(9)23(29)17(3)18(4)24(30)28(27,33-22)13-12-25(5,6)31/h31H,10-14H2,1-9H3.